The topological polar surface area (TPSA) is 162 Å². The lowest BCUT2D eigenvalue weighted by atomic mass is 9.94. The monoisotopic (exact) mass is 257 g/mol. The van der Waals surface area contributed by atoms with Gasteiger partial charge in [0.25, 0.3) is 0 Å². The largest absolute Gasteiger partial charge is 0.561 e. The first kappa shape index (κ1) is 13.3. The number of nitrogens with zero attached hydrogens (tertiary/aromatic N) is 5. The molecule has 18 heavy (non-hydrogen) atoms. The maximum absolute atomic E-state index is 11.0. The van der Waals surface area contributed by atoms with Crippen LogP contribution in [-0.4, -0.2) is 41.5 Å². The number of hydrogen-bond donors (Lipinski definition) is 1. The number of rotatable bonds is 5. The fraction of sp³-hybridized carbons (Fsp3) is 0.429. The van der Waals surface area contributed by atoms with E-state index in [0.717, 1.165) is 19.6 Å². The van der Waals surface area contributed by atoms with Gasteiger partial charge in [-0.2, -0.15) is 0 Å². The molecule has 1 unspecified atom stereocenters. The molecule has 1 rings (SSSR count). The van der Waals surface area contributed by atoms with Gasteiger partial charge >= 0.3 is 11.6 Å². The number of nitro groups is 2. The molecule has 0 saturated carbocycles. The zero-order valence-electron chi connectivity index (χ0n) is 8.96. The van der Waals surface area contributed by atoms with Gasteiger partial charge in [0.05, 0.1) is 0 Å². The first-order valence-corrected chi connectivity index (χ1v) is 4.49. The molecule has 0 aliphatic heterocycles. The van der Waals surface area contributed by atoms with E-state index < -0.39 is 27.4 Å². The molecule has 0 amide bonds. The highest BCUT2D eigenvalue weighted by molar-refractivity contribution is 5.76. The third kappa shape index (κ3) is 1.81. The van der Waals surface area contributed by atoms with Crippen molar-refractivity contribution in [1.82, 2.24) is 15.0 Å². The lowest BCUT2D eigenvalue weighted by Crippen LogP contribution is -2.57. The summed E-state index contributed by atoms with van der Waals surface area (Å²) >= 11 is 0. The van der Waals surface area contributed by atoms with Crippen molar-refractivity contribution in [2.75, 3.05) is 0 Å². The van der Waals surface area contributed by atoms with Gasteiger partial charge in [-0.05, 0) is 6.92 Å². The molecular weight excluding hydrogens is 250 g/mol. The summed E-state index contributed by atoms with van der Waals surface area (Å²) in [5, 5.41) is 30.5. The molecule has 0 saturated heterocycles. The second-order valence-corrected chi connectivity index (χ2v) is 3.26. The van der Waals surface area contributed by atoms with Gasteiger partial charge in [0.2, 0.25) is 0 Å². The molecule has 0 aliphatic rings. The molecule has 11 nitrogen and oxygen atoms in total. The fourth-order valence-corrected chi connectivity index (χ4v) is 1.38. The van der Waals surface area contributed by atoms with Crippen LogP contribution in [0.4, 0.5) is 0 Å². The Bertz CT molecular complexity index is 454. The quantitative estimate of drug-likeness (QED) is 0.408. The van der Waals surface area contributed by atoms with Gasteiger partial charge < -0.3 is 5.11 Å². The van der Waals surface area contributed by atoms with Crippen LogP contribution >= 0.6 is 0 Å². The van der Waals surface area contributed by atoms with Crippen LogP contribution in [0.15, 0.2) is 12.7 Å². The van der Waals surface area contributed by atoms with E-state index in [9.17, 15) is 25.0 Å². The van der Waals surface area contributed by atoms with Crippen molar-refractivity contribution in [2.24, 2.45) is 0 Å². The van der Waals surface area contributed by atoms with E-state index >= 15 is 0 Å². The van der Waals surface area contributed by atoms with E-state index in [1.54, 1.807) is 0 Å². The summed E-state index contributed by atoms with van der Waals surface area (Å²) in [6.45, 7) is 0.995. The van der Waals surface area contributed by atoms with Crippen molar-refractivity contribution in [3.63, 3.8) is 0 Å². The van der Waals surface area contributed by atoms with Crippen molar-refractivity contribution < 1.29 is 19.7 Å². The van der Waals surface area contributed by atoms with Crippen LogP contribution < -0.4 is 0 Å². The van der Waals surface area contributed by atoms with E-state index in [-0.39, 0.29) is 5.82 Å². The van der Waals surface area contributed by atoms with Gasteiger partial charge in [-0.25, -0.2) is 19.7 Å². The summed E-state index contributed by atoms with van der Waals surface area (Å²) in [4.78, 5) is 40.1. The lowest BCUT2D eigenvalue weighted by Gasteiger charge is -2.17. The zero-order chi connectivity index (χ0) is 13.9. The van der Waals surface area contributed by atoms with Crippen LogP contribution in [0.5, 0.6) is 0 Å². The van der Waals surface area contributed by atoms with Gasteiger partial charge in [-0.1, -0.05) is 0 Å². The summed E-state index contributed by atoms with van der Waals surface area (Å²) in [6.07, 6.45) is 1.93. The van der Waals surface area contributed by atoms with Crippen LogP contribution in [-0.2, 0) is 4.79 Å². The fourth-order valence-electron chi connectivity index (χ4n) is 1.38. The summed E-state index contributed by atoms with van der Waals surface area (Å²) in [5.41, 5.74) is -3.43. The average Bonchev–Trinajstić information content (AvgIpc) is 2.29. The van der Waals surface area contributed by atoms with Crippen molar-refractivity contribution in [1.29, 1.82) is 0 Å². The molecule has 1 heterocycles. The minimum atomic E-state index is -3.43. The molecular formula is C7H7N5O6. The Balaban J connectivity index is 3.41. The van der Waals surface area contributed by atoms with Gasteiger partial charge in [0.1, 0.15) is 28.3 Å². The van der Waals surface area contributed by atoms with E-state index in [0.29, 0.717) is 0 Å². The molecule has 11 heteroatoms. The molecule has 0 radical (unpaired) electrons. The molecule has 1 aromatic rings. The van der Waals surface area contributed by atoms with Gasteiger partial charge in [0.15, 0.2) is 5.92 Å². The van der Waals surface area contributed by atoms with Crippen LogP contribution in [0.2, 0.25) is 0 Å². The number of carbonyl (C=O) groups is 1. The minimum absolute atomic E-state index is 0.346. The summed E-state index contributed by atoms with van der Waals surface area (Å²) in [6, 6.07) is 0. The van der Waals surface area contributed by atoms with Crippen LogP contribution in [0.25, 0.3) is 0 Å². The molecule has 0 aromatic carbocycles. The predicted octanol–water partition coefficient (Wildman–Crippen LogP) is -0.691. The third-order valence-corrected chi connectivity index (χ3v) is 2.38. The Morgan fingerprint density at radius 1 is 1.33 bits per heavy atom. The highest BCUT2D eigenvalue weighted by atomic mass is 16.7. The minimum Gasteiger partial charge on any atom is -0.470 e. The maximum Gasteiger partial charge on any atom is 0.561 e. The van der Waals surface area contributed by atoms with Crippen molar-refractivity contribution in [3.05, 3.63) is 38.7 Å². The lowest BCUT2D eigenvalue weighted by molar-refractivity contribution is -0.782. The van der Waals surface area contributed by atoms with Crippen molar-refractivity contribution in [3.8, 4) is 0 Å². The molecule has 1 N–H and O–H groups in total. The van der Waals surface area contributed by atoms with E-state index in [1.165, 1.54) is 0 Å². The molecule has 1 aromatic heterocycles. The number of aliphatic carboxylic acids is 1. The third-order valence-electron chi connectivity index (χ3n) is 2.38. The second kappa shape index (κ2) is 4.65. The predicted molar refractivity (Wildman–Crippen MR) is 52.6 cm³/mol. The average molecular weight is 257 g/mol. The molecule has 0 spiro atoms. The van der Waals surface area contributed by atoms with Gasteiger partial charge in [0, 0.05) is 0 Å². The highest BCUT2D eigenvalue weighted by Crippen LogP contribution is 2.29. The molecule has 1 atom stereocenters. The SMILES string of the molecule is CC(c1ncncn1)C(C(=O)O)([N+](=O)[O-])[N+](=O)[O-]. The summed E-state index contributed by atoms with van der Waals surface area (Å²) < 4.78 is 0. The molecule has 0 bridgehead atoms. The first-order valence-electron chi connectivity index (χ1n) is 4.49. The van der Waals surface area contributed by atoms with Gasteiger partial charge in [-0.15, -0.1) is 0 Å². The summed E-state index contributed by atoms with van der Waals surface area (Å²) in [7, 11) is 0. The number of carboxylic acids is 1. The van der Waals surface area contributed by atoms with E-state index in [2.05, 4.69) is 15.0 Å². The van der Waals surface area contributed by atoms with Crippen molar-refractivity contribution >= 4 is 5.97 Å². The Kier molecular flexibility index (Phi) is 3.45. The summed E-state index contributed by atoms with van der Waals surface area (Å²) in [5.74, 6) is -4.20. The van der Waals surface area contributed by atoms with Crippen LogP contribution in [0, 0.1) is 20.2 Å². The molecule has 0 fully saturated rings. The zero-order valence-corrected chi connectivity index (χ0v) is 8.96. The highest BCUT2D eigenvalue weighted by Gasteiger charge is 2.70. The van der Waals surface area contributed by atoms with Crippen LogP contribution in [0.3, 0.4) is 0 Å². The van der Waals surface area contributed by atoms with E-state index in [4.69, 9.17) is 5.11 Å². The smallest absolute Gasteiger partial charge is 0.470 e. The number of aromatic nitrogens is 3. The Hall–Kier alpha value is -2.72. The first-order chi connectivity index (χ1) is 8.35. The standard InChI is InChI=1S/C7H7N5O6/c1-4(5-9-2-8-3-10-5)7(6(13)14,11(15)16)12(17)18/h2-4H,1H3,(H,13,14). The van der Waals surface area contributed by atoms with E-state index in [1.807, 2.05) is 0 Å². The maximum atomic E-state index is 11.0. The Morgan fingerprint density at radius 2 is 1.78 bits per heavy atom. The number of carboxylic acid groups (broad SMARTS) is 1. The number of hydrogen-bond acceptors (Lipinski definition) is 8. The normalized spacial score (nSPS) is 12.7. The van der Waals surface area contributed by atoms with Gasteiger partial charge in [-0.3, -0.25) is 20.2 Å². The van der Waals surface area contributed by atoms with Crippen LogP contribution in [0.1, 0.15) is 18.7 Å². The molecule has 0 aliphatic carbocycles. The Morgan fingerprint density at radius 3 is 2.11 bits per heavy atom. The Labute approximate surface area is 98.8 Å². The van der Waals surface area contributed by atoms with Crippen molar-refractivity contribution in [2.45, 2.75) is 18.5 Å². The molecule has 96 valence electrons. The second-order valence-electron chi connectivity index (χ2n) is 3.26.